The molecule has 0 radical (unpaired) electrons. The van der Waals surface area contributed by atoms with Crippen LogP contribution in [-0.4, -0.2) is 66.7 Å². The maximum atomic E-state index is 12.1. The van der Waals surface area contributed by atoms with Gasteiger partial charge in [0.2, 0.25) is 0 Å². The number of pyridine rings is 1. The molecule has 3 heterocycles. The molecule has 2 N–H and O–H groups in total. The van der Waals surface area contributed by atoms with Crippen molar-refractivity contribution < 1.29 is 19.1 Å². The standard InChI is InChI=1S/C24H34N4O4/c25-23(30)24(32-22(29)19-1-2-19)8-3-17(4-9-24)6-11-27-12-14-28(15-13-27)21-20-18(5-10-26-21)7-16-31-20/h5,10,17,19H,1-4,6-9,11-16H2,(H2,25,30). The van der Waals surface area contributed by atoms with Crippen LogP contribution in [0.1, 0.15) is 50.5 Å². The van der Waals surface area contributed by atoms with Gasteiger partial charge >= 0.3 is 5.97 Å². The molecule has 1 aromatic heterocycles. The minimum atomic E-state index is -1.08. The molecule has 0 atom stereocenters. The molecule has 2 aliphatic heterocycles. The largest absolute Gasteiger partial charge is 0.489 e. The van der Waals surface area contributed by atoms with E-state index in [1.807, 2.05) is 6.20 Å². The Labute approximate surface area is 189 Å². The van der Waals surface area contributed by atoms with Crippen LogP contribution in [0.15, 0.2) is 12.3 Å². The quantitative estimate of drug-likeness (QED) is 0.644. The number of hydrogen-bond donors (Lipinski definition) is 1. The molecule has 0 aromatic carbocycles. The van der Waals surface area contributed by atoms with E-state index in [1.165, 1.54) is 5.56 Å². The molecule has 1 aromatic rings. The van der Waals surface area contributed by atoms with Crippen LogP contribution in [0.4, 0.5) is 5.82 Å². The van der Waals surface area contributed by atoms with Gasteiger partial charge in [0.25, 0.3) is 5.91 Å². The lowest BCUT2D eigenvalue weighted by Gasteiger charge is -2.39. The predicted octanol–water partition coefficient (Wildman–Crippen LogP) is 1.90. The van der Waals surface area contributed by atoms with Gasteiger partial charge in [-0.05, 0) is 63.5 Å². The first-order valence-corrected chi connectivity index (χ1v) is 12.1. The second-order valence-electron chi connectivity index (χ2n) is 9.84. The first-order valence-electron chi connectivity index (χ1n) is 12.1. The number of amides is 1. The Morgan fingerprint density at radius 3 is 2.59 bits per heavy atom. The third-order valence-corrected chi connectivity index (χ3v) is 7.68. The van der Waals surface area contributed by atoms with E-state index in [0.717, 1.165) is 89.4 Å². The summed E-state index contributed by atoms with van der Waals surface area (Å²) in [6, 6.07) is 2.06. The Bertz CT molecular complexity index is 856. The number of ether oxygens (including phenoxy) is 2. The summed E-state index contributed by atoms with van der Waals surface area (Å²) in [5.74, 6) is 1.79. The molecule has 4 aliphatic rings. The normalized spacial score (nSPS) is 28.1. The highest BCUT2D eigenvalue weighted by molar-refractivity contribution is 5.87. The number of nitrogens with two attached hydrogens (primary N) is 1. The fraction of sp³-hybridized carbons (Fsp3) is 0.708. The molecule has 0 unspecified atom stereocenters. The number of esters is 1. The van der Waals surface area contributed by atoms with E-state index >= 15 is 0 Å². The van der Waals surface area contributed by atoms with Crippen LogP contribution < -0.4 is 15.4 Å². The predicted molar refractivity (Wildman–Crippen MR) is 119 cm³/mol. The average Bonchev–Trinajstić information content (AvgIpc) is 3.56. The zero-order valence-electron chi connectivity index (χ0n) is 18.8. The molecule has 174 valence electrons. The molecule has 3 fully saturated rings. The minimum absolute atomic E-state index is 0.0127. The van der Waals surface area contributed by atoms with Crippen LogP contribution in [0.2, 0.25) is 0 Å². The molecular formula is C24H34N4O4. The summed E-state index contributed by atoms with van der Waals surface area (Å²) in [4.78, 5) is 33.7. The smallest absolute Gasteiger partial charge is 0.309 e. The molecular weight excluding hydrogens is 408 g/mol. The van der Waals surface area contributed by atoms with Gasteiger partial charge < -0.3 is 20.1 Å². The molecule has 2 aliphatic carbocycles. The highest BCUT2D eigenvalue weighted by atomic mass is 16.6. The molecule has 1 amide bonds. The second kappa shape index (κ2) is 8.89. The minimum Gasteiger partial charge on any atom is -0.489 e. The molecule has 0 spiro atoms. The number of nitrogens with zero attached hydrogens (tertiary/aromatic N) is 3. The summed E-state index contributed by atoms with van der Waals surface area (Å²) in [7, 11) is 0. The van der Waals surface area contributed by atoms with Crippen molar-refractivity contribution in [1.29, 1.82) is 0 Å². The highest BCUT2D eigenvalue weighted by Crippen LogP contribution is 2.40. The molecule has 0 bridgehead atoms. The maximum absolute atomic E-state index is 12.1. The van der Waals surface area contributed by atoms with Crippen molar-refractivity contribution in [3.8, 4) is 5.75 Å². The number of carbonyl (C=O) groups is 2. The lowest BCUT2D eigenvalue weighted by molar-refractivity contribution is -0.173. The molecule has 5 rings (SSSR count). The van der Waals surface area contributed by atoms with Gasteiger partial charge in [0, 0.05) is 44.4 Å². The Balaban J connectivity index is 1.07. The Morgan fingerprint density at radius 2 is 1.91 bits per heavy atom. The van der Waals surface area contributed by atoms with Crippen molar-refractivity contribution in [2.24, 2.45) is 17.6 Å². The fourth-order valence-electron chi connectivity index (χ4n) is 5.29. The monoisotopic (exact) mass is 442 g/mol. The molecule has 32 heavy (non-hydrogen) atoms. The van der Waals surface area contributed by atoms with Gasteiger partial charge in [-0.15, -0.1) is 0 Å². The van der Waals surface area contributed by atoms with Gasteiger partial charge in [0.15, 0.2) is 17.2 Å². The first kappa shape index (κ1) is 21.5. The van der Waals surface area contributed by atoms with Crippen LogP contribution in [0.25, 0.3) is 0 Å². The molecule has 8 nitrogen and oxygen atoms in total. The summed E-state index contributed by atoms with van der Waals surface area (Å²) >= 11 is 0. The van der Waals surface area contributed by atoms with Gasteiger partial charge in [-0.25, -0.2) is 4.98 Å². The van der Waals surface area contributed by atoms with E-state index in [-0.39, 0.29) is 11.9 Å². The van der Waals surface area contributed by atoms with Crippen LogP contribution in [0.5, 0.6) is 5.75 Å². The number of primary amides is 1. The van der Waals surface area contributed by atoms with Crippen LogP contribution in [0.3, 0.4) is 0 Å². The van der Waals surface area contributed by atoms with Gasteiger partial charge in [0.05, 0.1) is 12.5 Å². The van der Waals surface area contributed by atoms with Gasteiger partial charge in [-0.3, -0.25) is 14.5 Å². The summed E-state index contributed by atoms with van der Waals surface area (Å²) in [6.07, 6.45) is 8.62. The number of rotatable bonds is 7. The van der Waals surface area contributed by atoms with Crippen molar-refractivity contribution in [3.05, 3.63) is 17.8 Å². The van der Waals surface area contributed by atoms with E-state index in [4.69, 9.17) is 15.2 Å². The molecule has 2 saturated carbocycles. The van der Waals surface area contributed by atoms with Crippen LogP contribution in [-0.2, 0) is 20.7 Å². The van der Waals surface area contributed by atoms with Crippen LogP contribution in [0, 0.1) is 11.8 Å². The summed E-state index contributed by atoms with van der Waals surface area (Å²) in [6.45, 7) is 5.76. The lowest BCUT2D eigenvalue weighted by Crippen LogP contribution is -2.50. The zero-order chi connectivity index (χ0) is 22.1. The van der Waals surface area contributed by atoms with E-state index in [1.54, 1.807) is 0 Å². The number of hydrogen-bond acceptors (Lipinski definition) is 7. The molecule has 1 saturated heterocycles. The van der Waals surface area contributed by atoms with Gasteiger partial charge in [-0.2, -0.15) is 0 Å². The Morgan fingerprint density at radius 1 is 1.16 bits per heavy atom. The number of anilines is 1. The van der Waals surface area contributed by atoms with E-state index in [2.05, 4.69) is 20.9 Å². The number of piperazine rings is 1. The number of aromatic nitrogens is 1. The maximum Gasteiger partial charge on any atom is 0.309 e. The van der Waals surface area contributed by atoms with Crippen molar-refractivity contribution in [3.63, 3.8) is 0 Å². The summed E-state index contributed by atoms with van der Waals surface area (Å²) in [5, 5.41) is 0. The van der Waals surface area contributed by atoms with Gasteiger partial charge in [-0.1, -0.05) is 0 Å². The van der Waals surface area contributed by atoms with E-state index in [9.17, 15) is 9.59 Å². The van der Waals surface area contributed by atoms with Crippen LogP contribution >= 0.6 is 0 Å². The van der Waals surface area contributed by atoms with Crippen molar-refractivity contribution in [1.82, 2.24) is 9.88 Å². The second-order valence-corrected chi connectivity index (χ2v) is 9.84. The van der Waals surface area contributed by atoms with Crippen molar-refractivity contribution >= 4 is 17.7 Å². The SMILES string of the molecule is NC(=O)C1(OC(=O)C2CC2)CCC(CCN2CCN(c3nccc4c3OCC4)CC2)CC1. The Hall–Kier alpha value is -2.35. The third kappa shape index (κ3) is 4.42. The highest BCUT2D eigenvalue weighted by Gasteiger charge is 2.46. The first-order chi connectivity index (χ1) is 15.5. The van der Waals surface area contributed by atoms with Crippen molar-refractivity contribution in [2.45, 2.75) is 57.0 Å². The van der Waals surface area contributed by atoms with Gasteiger partial charge in [0.1, 0.15) is 0 Å². The summed E-state index contributed by atoms with van der Waals surface area (Å²) in [5.41, 5.74) is 5.85. The van der Waals surface area contributed by atoms with Crippen molar-refractivity contribution in [2.75, 3.05) is 44.2 Å². The summed E-state index contributed by atoms with van der Waals surface area (Å²) < 4.78 is 11.5. The number of carbonyl (C=O) groups excluding carboxylic acids is 2. The fourth-order valence-corrected chi connectivity index (χ4v) is 5.29. The molecule has 8 heteroatoms. The third-order valence-electron chi connectivity index (χ3n) is 7.68. The number of fused-ring (bicyclic) bond motifs is 1. The Kier molecular flexibility index (Phi) is 5.97. The zero-order valence-corrected chi connectivity index (χ0v) is 18.8. The average molecular weight is 443 g/mol. The lowest BCUT2D eigenvalue weighted by atomic mass is 9.77. The topological polar surface area (TPSA) is 98.0 Å². The van der Waals surface area contributed by atoms with E-state index < -0.39 is 11.5 Å². The van der Waals surface area contributed by atoms with E-state index in [0.29, 0.717) is 18.8 Å².